The van der Waals surface area contributed by atoms with Crippen LogP contribution in [-0.2, 0) is 28.8 Å². The van der Waals surface area contributed by atoms with Crippen molar-refractivity contribution in [1.82, 2.24) is 20.8 Å². The van der Waals surface area contributed by atoms with Gasteiger partial charge in [0.25, 0.3) is 5.91 Å². The minimum Gasteiger partial charge on any atom is -0.462 e. The van der Waals surface area contributed by atoms with Crippen molar-refractivity contribution in [1.29, 1.82) is 0 Å². The number of hydrogen-bond donors (Lipinski definition) is 2. The largest absolute Gasteiger partial charge is 0.462 e. The molecule has 0 aromatic rings. The van der Waals surface area contributed by atoms with Gasteiger partial charge in [-0.1, -0.05) is 6.08 Å². The van der Waals surface area contributed by atoms with Crippen LogP contribution in [0.3, 0.4) is 0 Å². The number of hydroxylamine groups is 3. The van der Waals surface area contributed by atoms with Gasteiger partial charge in [-0.2, -0.15) is 5.06 Å². The van der Waals surface area contributed by atoms with Crippen LogP contribution < -0.4 is 10.8 Å². The predicted molar refractivity (Wildman–Crippen MR) is 93.1 cm³/mol. The van der Waals surface area contributed by atoms with Gasteiger partial charge in [0, 0.05) is 6.42 Å². The Morgan fingerprint density at radius 3 is 2.83 bits per heavy atom. The van der Waals surface area contributed by atoms with Crippen LogP contribution in [0.2, 0.25) is 0 Å². The molecule has 0 aromatic heterocycles. The SMILES string of the molecule is CCOC(=O)[C@H](F)ON1C(=O)N2C[C@H]1C=C(C)[C@H]2C(=O)NOCC1CCC(=O)N1. The number of rotatable bonds is 8. The Bertz CT molecular complexity index is 731. The van der Waals surface area contributed by atoms with Crippen LogP contribution >= 0.6 is 0 Å². The zero-order valence-corrected chi connectivity index (χ0v) is 16.1. The molecule has 4 atom stereocenters. The predicted octanol–water partition coefficient (Wildman–Crippen LogP) is -0.462. The third-order valence-electron chi connectivity index (χ3n) is 4.79. The lowest BCUT2D eigenvalue weighted by Gasteiger charge is -2.28. The molecule has 0 saturated carbocycles. The van der Waals surface area contributed by atoms with Crippen LogP contribution in [0.25, 0.3) is 0 Å². The number of carbonyl (C=O) groups is 4. The summed E-state index contributed by atoms with van der Waals surface area (Å²) in [6, 6.07) is -2.55. The second-order valence-corrected chi connectivity index (χ2v) is 6.90. The van der Waals surface area contributed by atoms with E-state index >= 15 is 0 Å². The van der Waals surface area contributed by atoms with E-state index in [-0.39, 0.29) is 31.7 Å². The summed E-state index contributed by atoms with van der Waals surface area (Å²) in [5.74, 6) is -1.89. The molecule has 3 aliphatic rings. The highest BCUT2D eigenvalue weighted by Gasteiger charge is 2.49. The monoisotopic (exact) mass is 414 g/mol. The summed E-state index contributed by atoms with van der Waals surface area (Å²) in [7, 11) is 0. The van der Waals surface area contributed by atoms with Crippen LogP contribution in [0.5, 0.6) is 0 Å². The number of carbonyl (C=O) groups excluding carboxylic acids is 4. The number of nitrogens with one attached hydrogen (secondary N) is 2. The quantitative estimate of drug-likeness (QED) is 0.313. The van der Waals surface area contributed by atoms with Crippen molar-refractivity contribution in [2.45, 2.75) is 51.2 Å². The van der Waals surface area contributed by atoms with Gasteiger partial charge in [-0.25, -0.2) is 24.3 Å². The zero-order chi connectivity index (χ0) is 21.1. The summed E-state index contributed by atoms with van der Waals surface area (Å²) in [6.07, 6.45) is 0.166. The van der Waals surface area contributed by atoms with Gasteiger partial charge in [-0.05, 0) is 25.8 Å². The van der Waals surface area contributed by atoms with Gasteiger partial charge in [0.05, 0.1) is 31.8 Å². The number of fused-ring (bicyclic) bond motifs is 2. The molecule has 0 aromatic carbocycles. The molecular formula is C17H23FN4O7. The highest BCUT2D eigenvalue weighted by atomic mass is 19.1. The average Bonchev–Trinajstić information content (AvgIpc) is 3.18. The van der Waals surface area contributed by atoms with Crippen LogP contribution in [0.1, 0.15) is 26.7 Å². The Hall–Kier alpha value is -2.73. The fraction of sp³-hybridized carbons (Fsp3) is 0.647. The van der Waals surface area contributed by atoms with Crippen molar-refractivity contribution >= 4 is 23.8 Å². The van der Waals surface area contributed by atoms with Crippen molar-refractivity contribution < 1.29 is 38.0 Å². The van der Waals surface area contributed by atoms with E-state index in [0.717, 1.165) is 5.06 Å². The molecule has 1 unspecified atom stereocenters. The fourth-order valence-electron chi connectivity index (χ4n) is 3.49. The van der Waals surface area contributed by atoms with E-state index in [1.807, 2.05) is 0 Å². The van der Waals surface area contributed by atoms with Gasteiger partial charge in [0.2, 0.25) is 5.91 Å². The number of halogens is 1. The molecule has 0 aliphatic carbocycles. The van der Waals surface area contributed by atoms with Crippen molar-refractivity contribution in [2.75, 3.05) is 19.8 Å². The van der Waals surface area contributed by atoms with E-state index < -0.39 is 36.3 Å². The Balaban J connectivity index is 1.57. The summed E-state index contributed by atoms with van der Waals surface area (Å²) in [5.41, 5.74) is 2.83. The lowest BCUT2D eigenvalue weighted by atomic mass is 10.0. The number of urea groups is 1. The number of alkyl halides is 1. The first-order chi connectivity index (χ1) is 13.8. The van der Waals surface area contributed by atoms with Crippen molar-refractivity contribution in [2.24, 2.45) is 0 Å². The van der Waals surface area contributed by atoms with Crippen molar-refractivity contribution in [3.63, 3.8) is 0 Å². The van der Waals surface area contributed by atoms with E-state index in [2.05, 4.69) is 15.5 Å². The molecule has 0 radical (unpaired) electrons. The fourth-order valence-corrected chi connectivity index (χ4v) is 3.49. The molecule has 29 heavy (non-hydrogen) atoms. The van der Waals surface area contributed by atoms with Gasteiger partial charge in [0.1, 0.15) is 6.04 Å². The van der Waals surface area contributed by atoms with Gasteiger partial charge in [-0.15, -0.1) is 0 Å². The molecule has 3 heterocycles. The first kappa shape index (κ1) is 21.0. The molecule has 2 saturated heterocycles. The number of esters is 1. The second kappa shape index (κ2) is 8.74. The minimum atomic E-state index is -2.45. The molecular weight excluding hydrogens is 391 g/mol. The zero-order valence-electron chi connectivity index (χ0n) is 16.1. The molecule has 2 bridgehead atoms. The first-order valence-electron chi connectivity index (χ1n) is 9.28. The first-order valence-corrected chi connectivity index (χ1v) is 9.28. The molecule has 12 heteroatoms. The van der Waals surface area contributed by atoms with E-state index in [1.165, 1.54) is 11.8 Å². The molecule has 3 rings (SSSR count). The number of hydrogen-bond acceptors (Lipinski definition) is 7. The van der Waals surface area contributed by atoms with Crippen LogP contribution in [0.15, 0.2) is 11.6 Å². The third-order valence-corrected chi connectivity index (χ3v) is 4.79. The van der Waals surface area contributed by atoms with Crippen LogP contribution in [0.4, 0.5) is 9.18 Å². The maximum Gasteiger partial charge on any atom is 0.370 e. The van der Waals surface area contributed by atoms with E-state index in [1.54, 1.807) is 13.0 Å². The lowest BCUT2D eigenvalue weighted by Crippen LogP contribution is -2.50. The van der Waals surface area contributed by atoms with Gasteiger partial charge in [-0.3, -0.25) is 14.4 Å². The summed E-state index contributed by atoms with van der Waals surface area (Å²) in [6.45, 7) is 3.32. The molecule has 2 fully saturated rings. The third kappa shape index (κ3) is 4.48. The van der Waals surface area contributed by atoms with Gasteiger partial charge in [0.15, 0.2) is 0 Å². The highest BCUT2D eigenvalue weighted by Crippen LogP contribution is 2.30. The van der Waals surface area contributed by atoms with Gasteiger partial charge < -0.3 is 15.0 Å². The Morgan fingerprint density at radius 1 is 1.41 bits per heavy atom. The van der Waals surface area contributed by atoms with E-state index in [9.17, 15) is 23.6 Å². The van der Waals surface area contributed by atoms with Gasteiger partial charge >= 0.3 is 18.4 Å². The van der Waals surface area contributed by atoms with Crippen molar-refractivity contribution in [3.8, 4) is 0 Å². The number of nitrogens with zero attached hydrogens (tertiary/aromatic N) is 2. The maximum absolute atomic E-state index is 13.9. The summed E-state index contributed by atoms with van der Waals surface area (Å²) in [5, 5.41) is 3.43. The minimum absolute atomic E-state index is 0.0299. The summed E-state index contributed by atoms with van der Waals surface area (Å²) < 4.78 is 18.4. The molecule has 160 valence electrons. The van der Waals surface area contributed by atoms with E-state index in [4.69, 9.17) is 9.68 Å². The lowest BCUT2D eigenvalue weighted by molar-refractivity contribution is -0.223. The number of amides is 4. The Labute approximate surface area is 166 Å². The normalized spacial score (nSPS) is 26.9. The Kier molecular flexibility index (Phi) is 6.33. The molecule has 3 aliphatic heterocycles. The van der Waals surface area contributed by atoms with Crippen LogP contribution in [0, 0.1) is 0 Å². The number of ether oxygens (including phenoxy) is 1. The smallest absolute Gasteiger partial charge is 0.370 e. The highest BCUT2D eigenvalue weighted by molar-refractivity contribution is 5.91. The summed E-state index contributed by atoms with van der Waals surface area (Å²) in [4.78, 5) is 58.9. The maximum atomic E-state index is 13.9. The van der Waals surface area contributed by atoms with Crippen LogP contribution in [-0.4, -0.2) is 78.0 Å². The van der Waals surface area contributed by atoms with Crippen molar-refractivity contribution in [3.05, 3.63) is 11.6 Å². The Morgan fingerprint density at radius 2 is 2.17 bits per heavy atom. The molecule has 11 nitrogen and oxygen atoms in total. The second-order valence-electron chi connectivity index (χ2n) is 6.90. The van der Waals surface area contributed by atoms with E-state index in [0.29, 0.717) is 18.4 Å². The topological polar surface area (TPSA) is 127 Å². The standard InChI is InChI=1S/C17H23FN4O7/c1-3-27-16(25)14(18)29-22-11-6-9(2)13(21(7-11)17(22)26)15(24)20-28-8-10-4-5-12(23)19-10/h6,10-11,13-14H,3-5,7-8H2,1-2H3,(H,19,23)(H,20,24)/t10?,11-,13+,14-/m1/s1. The summed E-state index contributed by atoms with van der Waals surface area (Å²) >= 11 is 0. The average molecular weight is 414 g/mol. The molecule has 2 N–H and O–H groups in total. The molecule has 4 amide bonds. The molecule has 0 spiro atoms.